The molecule has 1 aromatic rings. The Kier molecular flexibility index (Phi) is 5.24. The van der Waals surface area contributed by atoms with Crippen molar-refractivity contribution in [2.24, 2.45) is 5.92 Å². The first kappa shape index (κ1) is 17.7. The molecule has 0 aromatic heterocycles. The second-order valence-electron chi connectivity index (χ2n) is 6.79. The van der Waals surface area contributed by atoms with E-state index in [1.165, 1.54) is 0 Å². The third kappa shape index (κ3) is 3.93. The topological polar surface area (TPSA) is 79.3 Å². The molecule has 2 bridgehead atoms. The van der Waals surface area contributed by atoms with E-state index in [1.54, 1.807) is 13.2 Å². The molecule has 7 heteroatoms. The second-order valence-corrected chi connectivity index (χ2v) is 6.79. The molecule has 136 valence electrons. The van der Waals surface area contributed by atoms with E-state index in [2.05, 4.69) is 0 Å². The van der Waals surface area contributed by atoms with Gasteiger partial charge in [-0.1, -0.05) is 6.07 Å². The molecule has 0 spiro atoms. The number of carboxylic acid groups (broad SMARTS) is 1. The Morgan fingerprint density at radius 2 is 2.08 bits per heavy atom. The number of carbonyl (C=O) groups excluding carboxylic acids is 1. The zero-order valence-electron chi connectivity index (χ0n) is 14.6. The summed E-state index contributed by atoms with van der Waals surface area (Å²) < 4.78 is 11.0. The smallest absolute Gasteiger partial charge is 0.317 e. The molecule has 1 N–H and O–H groups in total. The summed E-state index contributed by atoms with van der Waals surface area (Å²) in [6.07, 6.45) is 0. The average molecular weight is 348 g/mol. The number of benzene rings is 1. The number of hydrogen-bond donors (Lipinski definition) is 1. The Bertz CT molecular complexity index is 663. The van der Waals surface area contributed by atoms with Crippen LogP contribution in [0, 0.1) is 12.8 Å². The fourth-order valence-corrected chi connectivity index (χ4v) is 3.63. The van der Waals surface area contributed by atoms with E-state index < -0.39 is 5.97 Å². The first-order chi connectivity index (χ1) is 12.0. The number of rotatable bonds is 4. The highest BCUT2D eigenvalue weighted by molar-refractivity contribution is 5.95. The molecule has 1 amide bonds. The van der Waals surface area contributed by atoms with E-state index in [0.29, 0.717) is 44.2 Å². The van der Waals surface area contributed by atoms with Crippen LogP contribution in [0.1, 0.15) is 15.9 Å². The van der Waals surface area contributed by atoms with E-state index in [0.717, 1.165) is 5.56 Å². The Hall–Kier alpha value is -2.12. The number of amides is 1. The lowest BCUT2D eigenvalue weighted by molar-refractivity contribution is -0.138. The average Bonchev–Trinajstić information content (AvgIpc) is 2.84. The summed E-state index contributed by atoms with van der Waals surface area (Å²) in [5, 5.41) is 9.09. The fourth-order valence-electron chi connectivity index (χ4n) is 3.63. The predicted molar refractivity (Wildman–Crippen MR) is 90.9 cm³/mol. The normalized spacial score (nSPS) is 23.8. The predicted octanol–water partition coefficient (Wildman–Crippen LogP) is 0.861. The lowest BCUT2D eigenvalue weighted by Gasteiger charge is -2.30. The van der Waals surface area contributed by atoms with Crippen molar-refractivity contribution in [3.05, 3.63) is 29.3 Å². The quantitative estimate of drug-likeness (QED) is 0.869. The van der Waals surface area contributed by atoms with Crippen molar-refractivity contribution < 1.29 is 24.2 Å². The SMILES string of the molecule is COc1cc(C(=O)N2C[C@H]3COC[C@@H]2CN(CC(=O)O)C3)ccc1C. The van der Waals surface area contributed by atoms with Crippen molar-refractivity contribution in [2.75, 3.05) is 46.5 Å². The summed E-state index contributed by atoms with van der Waals surface area (Å²) in [4.78, 5) is 27.9. The zero-order valence-corrected chi connectivity index (χ0v) is 14.6. The number of aliphatic carboxylic acids is 1. The molecule has 1 aromatic carbocycles. The highest BCUT2D eigenvalue weighted by Gasteiger charge is 2.36. The summed E-state index contributed by atoms with van der Waals surface area (Å²) in [7, 11) is 1.59. The minimum absolute atomic E-state index is 0.00656. The lowest BCUT2D eigenvalue weighted by Crippen LogP contribution is -2.47. The maximum Gasteiger partial charge on any atom is 0.317 e. The summed E-state index contributed by atoms with van der Waals surface area (Å²) in [5.41, 5.74) is 1.56. The molecule has 2 heterocycles. The van der Waals surface area contributed by atoms with Gasteiger partial charge in [0.25, 0.3) is 5.91 Å². The molecular formula is C18H24N2O5. The number of carbonyl (C=O) groups is 2. The van der Waals surface area contributed by atoms with Gasteiger partial charge in [0, 0.05) is 31.1 Å². The number of nitrogens with zero attached hydrogens (tertiary/aromatic N) is 2. The molecule has 0 aliphatic carbocycles. The van der Waals surface area contributed by atoms with Crippen LogP contribution in [0.2, 0.25) is 0 Å². The van der Waals surface area contributed by atoms with E-state index >= 15 is 0 Å². The van der Waals surface area contributed by atoms with Crippen LogP contribution in [0.5, 0.6) is 5.75 Å². The Labute approximate surface area is 147 Å². The molecule has 2 aliphatic heterocycles. The van der Waals surface area contributed by atoms with Gasteiger partial charge in [-0.25, -0.2) is 0 Å². The van der Waals surface area contributed by atoms with Crippen molar-refractivity contribution >= 4 is 11.9 Å². The minimum Gasteiger partial charge on any atom is -0.496 e. The number of carboxylic acids is 1. The van der Waals surface area contributed by atoms with Gasteiger partial charge in [-0.15, -0.1) is 0 Å². The molecule has 0 saturated carbocycles. The third-order valence-electron chi connectivity index (χ3n) is 4.82. The van der Waals surface area contributed by atoms with Gasteiger partial charge in [-0.05, 0) is 24.6 Å². The third-order valence-corrected chi connectivity index (χ3v) is 4.82. The number of fused-ring (bicyclic) bond motifs is 3. The minimum atomic E-state index is -0.845. The maximum absolute atomic E-state index is 13.1. The molecular weight excluding hydrogens is 324 g/mol. The highest BCUT2D eigenvalue weighted by Crippen LogP contribution is 2.24. The second kappa shape index (κ2) is 7.41. The Morgan fingerprint density at radius 3 is 2.80 bits per heavy atom. The zero-order chi connectivity index (χ0) is 18.0. The molecule has 0 unspecified atom stereocenters. The van der Waals surface area contributed by atoms with Gasteiger partial charge in [0.05, 0.1) is 32.9 Å². The van der Waals surface area contributed by atoms with Crippen molar-refractivity contribution in [2.45, 2.75) is 13.0 Å². The van der Waals surface area contributed by atoms with Crippen molar-refractivity contribution in [3.8, 4) is 5.75 Å². The summed E-state index contributed by atoms with van der Waals surface area (Å²) in [6.45, 7) is 4.63. The molecule has 0 radical (unpaired) electrons. The Morgan fingerprint density at radius 1 is 1.28 bits per heavy atom. The summed E-state index contributed by atoms with van der Waals surface area (Å²) >= 11 is 0. The monoisotopic (exact) mass is 348 g/mol. The first-order valence-electron chi connectivity index (χ1n) is 8.45. The van der Waals surface area contributed by atoms with Crippen LogP contribution in [0.15, 0.2) is 18.2 Å². The summed E-state index contributed by atoms with van der Waals surface area (Å²) in [6, 6.07) is 5.31. The van der Waals surface area contributed by atoms with Crippen LogP contribution in [0.25, 0.3) is 0 Å². The van der Waals surface area contributed by atoms with Crippen LogP contribution in [0.3, 0.4) is 0 Å². The van der Waals surface area contributed by atoms with Gasteiger partial charge in [0.2, 0.25) is 0 Å². The number of hydrogen-bond acceptors (Lipinski definition) is 5. The van der Waals surface area contributed by atoms with E-state index in [1.807, 2.05) is 28.9 Å². The van der Waals surface area contributed by atoms with Crippen molar-refractivity contribution in [1.29, 1.82) is 0 Å². The van der Waals surface area contributed by atoms with Gasteiger partial charge in [0.15, 0.2) is 0 Å². The van der Waals surface area contributed by atoms with Gasteiger partial charge in [-0.2, -0.15) is 0 Å². The van der Waals surface area contributed by atoms with Crippen LogP contribution >= 0.6 is 0 Å². The number of aryl methyl sites for hydroxylation is 1. The van der Waals surface area contributed by atoms with Crippen molar-refractivity contribution in [1.82, 2.24) is 9.80 Å². The lowest BCUT2D eigenvalue weighted by atomic mass is 10.1. The molecule has 7 nitrogen and oxygen atoms in total. The number of ether oxygens (including phenoxy) is 2. The van der Waals surface area contributed by atoms with Crippen LogP contribution in [-0.4, -0.2) is 79.3 Å². The van der Waals surface area contributed by atoms with Gasteiger partial charge >= 0.3 is 5.97 Å². The van der Waals surface area contributed by atoms with Crippen LogP contribution in [0.4, 0.5) is 0 Å². The first-order valence-corrected chi connectivity index (χ1v) is 8.45. The Balaban J connectivity index is 1.83. The largest absolute Gasteiger partial charge is 0.496 e. The van der Waals surface area contributed by atoms with Crippen LogP contribution in [-0.2, 0) is 9.53 Å². The van der Waals surface area contributed by atoms with E-state index in [-0.39, 0.29) is 24.4 Å². The van der Waals surface area contributed by atoms with Crippen LogP contribution < -0.4 is 4.74 Å². The molecule has 3 rings (SSSR count). The van der Waals surface area contributed by atoms with Gasteiger partial charge < -0.3 is 19.5 Å². The van der Waals surface area contributed by atoms with E-state index in [9.17, 15) is 9.59 Å². The fraction of sp³-hybridized carbons (Fsp3) is 0.556. The van der Waals surface area contributed by atoms with Crippen molar-refractivity contribution in [3.63, 3.8) is 0 Å². The van der Waals surface area contributed by atoms with Gasteiger partial charge in [-0.3, -0.25) is 14.5 Å². The molecule has 2 fully saturated rings. The summed E-state index contributed by atoms with van der Waals surface area (Å²) in [5.74, 6) is -0.103. The highest BCUT2D eigenvalue weighted by atomic mass is 16.5. The maximum atomic E-state index is 13.1. The molecule has 2 aliphatic rings. The molecule has 2 saturated heterocycles. The molecule has 2 atom stereocenters. The molecule has 25 heavy (non-hydrogen) atoms. The standard InChI is InChI=1S/C18H24N2O5/c1-12-3-4-14(5-16(12)24-2)18(23)20-7-13-6-19(9-17(21)22)8-15(20)11-25-10-13/h3-5,13,15H,6-11H2,1-2H3,(H,21,22)/t13-,15-/m0/s1. The number of methoxy groups -OCH3 is 1. The van der Waals surface area contributed by atoms with Gasteiger partial charge in [0.1, 0.15) is 5.75 Å². The van der Waals surface area contributed by atoms with E-state index in [4.69, 9.17) is 14.6 Å².